The summed E-state index contributed by atoms with van der Waals surface area (Å²) in [6.07, 6.45) is 0. The smallest absolute Gasteiger partial charge is 0.550 e. The fraction of sp³-hybridized carbons (Fsp3) is 0.300. The van der Waals surface area contributed by atoms with Gasteiger partial charge in [-0.2, -0.15) is 0 Å². The van der Waals surface area contributed by atoms with E-state index in [9.17, 15) is 17.6 Å². The Labute approximate surface area is 365 Å². The van der Waals surface area contributed by atoms with Crippen LogP contribution in [0.25, 0.3) is 0 Å². The Bertz CT molecular complexity index is 1370. The summed E-state index contributed by atoms with van der Waals surface area (Å²) in [6, 6.07) is 24.8. The zero-order valence-electron chi connectivity index (χ0n) is 33.3. The summed E-state index contributed by atoms with van der Waals surface area (Å²) < 4.78 is 49.2. The summed E-state index contributed by atoms with van der Waals surface area (Å²) in [5.74, 6) is -5.21. The first kappa shape index (κ1) is 65.5. The average Bonchev–Trinajstić information content (AvgIpc) is 3.05. The van der Waals surface area contributed by atoms with Gasteiger partial charge in [-0.15, -0.1) is 0 Å². The predicted octanol–water partition coefficient (Wildman–Crippen LogP) is 2.40. The van der Waals surface area contributed by atoms with Crippen LogP contribution >= 0.6 is 0 Å². The third kappa shape index (κ3) is 49.7. The quantitative estimate of drug-likeness (QED) is 0.170. The SMILES string of the molecule is CC(=O)[O-].CC(=O)[O-].CC(=O)[O-].CC(=O)[O-].C[C@H](N)c1ccc(F)cc1.C[C@H](N)c1ccc(F)cc1.C[C@H](N)c1ccc(F)cc1.C[C@H](N)c1ccc(F)cc1.[Pd+2].[Pd+2]. The number of hydrogen-bond acceptors (Lipinski definition) is 12. The first-order valence-corrected chi connectivity index (χ1v) is 16.5. The number of nitrogens with two attached hydrogens (primary N) is 4. The number of benzene rings is 4. The Kier molecular flexibility index (Phi) is 44.6. The first-order valence-electron chi connectivity index (χ1n) is 16.5. The van der Waals surface area contributed by atoms with Gasteiger partial charge < -0.3 is 62.5 Å². The minimum atomic E-state index is -1.08. The van der Waals surface area contributed by atoms with Gasteiger partial charge in [-0.25, -0.2) is 17.6 Å². The van der Waals surface area contributed by atoms with Crippen LogP contribution in [-0.2, 0) is 60.0 Å². The maximum atomic E-state index is 12.3. The molecule has 0 heterocycles. The van der Waals surface area contributed by atoms with Crippen molar-refractivity contribution in [2.45, 2.75) is 79.6 Å². The summed E-state index contributed by atoms with van der Waals surface area (Å²) in [7, 11) is 0. The van der Waals surface area contributed by atoms with Crippen molar-refractivity contribution in [3.8, 4) is 0 Å². The van der Waals surface area contributed by atoms with Gasteiger partial charge in [0, 0.05) is 48.0 Å². The molecule has 4 aromatic rings. The molecule has 0 unspecified atom stereocenters. The summed E-state index contributed by atoms with van der Waals surface area (Å²) in [5, 5.41) is 35.6. The normalized spacial score (nSPS) is 10.8. The minimum Gasteiger partial charge on any atom is -0.550 e. The second-order valence-electron chi connectivity index (χ2n) is 11.3. The second kappa shape index (κ2) is 39.5. The zero-order chi connectivity index (χ0) is 44.6. The van der Waals surface area contributed by atoms with E-state index in [4.69, 9.17) is 62.5 Å². The van der Waals surface area contributed by atoms with Gasteiger partial charge in [0.15, 0.2) is 0 Å². The van der Waals surface area contributed by atoms with Crippen molar-refractivity contribution in [2.24, 2.45) is 22.9 Å². The van der Waals surface area contributed by atoms with E-state index in [1.165, 1.54) is 48.5 Å². The van der Waals surface area contributed by atoms with Gasteiger partial charge in [-0.05, 0) is 126 Å². The van der Waals surface area contributed by atoms with E-state index >= 15 is 0 Å². The molecule has 0 saturated carbocycles. The van der Waals surface area contributed by atoms with Gasteiger partial charge in [0.2, 0.25) is 0 Å². The summed E-state index contributed by atoms with van der Waals surface area (Å²) in [5.41, 5.74) is 26.0. The molecule has 0 spiro atoms. The van der Waals surface area contributed by atoms with Crippen LogP contribution in [0.15, 0.2) is 97.1 Å². The molecule has 0 aliphatic rings. The molecule has 0 bridgehead atoms. The van der Waals surface area contributed by atoms with Crippen LogP contribution in [0.3, 0.4) is 0 Å². The summed E-state index contributed by atoms with van der Waals surface area (Å²) in [4.78, 5) is 35.6. The van der Waals surface area contributed by atoms with E-state index in [2.05, 4.69) is 0 Å². The molecule has 12 nitrogen and oxygen atoms in total. The van der Waals surface area contributed by atoms with Crippen molar-refractivity contribution >= 4 is 23.9 Å². The standard InChI is InChI=1S/4C8H10FN.4C2H4O2.2Pd/c4*1-6(10)7-2-4-8(9)5-3-7;4*1-2(3)4;;/h4*2-6H,10H2,1H3;4*1H3,(H,3,4);;/q;;;;;;;;2*+2/p-4/t4*6-;;;;;;/m0000....../s1. The Hall–Kier alpha value is -4.36. The topological polar surface area (TPSA) is 265 Å². The molecule has 18 heteroatoms. The molecule has 58 heavy (non-hydrogen) atoms. The molecular formula is C40H52F4N4O8Pd2. The maximum Gasteiger partial charge on any atom is 2.00 e. The third-order valence-electron chi connectivity index (χ3n) is 5.58. The van der Waals surface area contributed by atoms with Crippen molar-refractivity contribution in [3.05, 3.63) is 143 Å². The molecule has 0 fully saturated rings. The van der Waals surface area contributed by atoms with Gasteiger partial charge >= 0.3 is 40.8 Å². The average molecular weight is 1010 g/mol. The summed E-state index contributed by atoms with van der Waals surface area (Å²) >= 11 is 0. The van der Waals surface area contributed by atoms with E-state index in [0.29, 0.717) is 0 Å². The van der Waals surface area contributed by atoms with Gasteiger partial charge in [0.25, 0.3) is 0 Å². The number of halogens is 4. The number of carboxylic acids is 4. The van der Waals surface area contributed by atoms with Gasteiger partial charge in [-0.3, -0.25) is 0 Å². The first-order chi connectivity index (χ1) is 25.7. The van der Waals surface area contributed by atoms with Crippen molar-refractivity contribution < 1.29 is 98.0 Å². The van der Waals surface area contributed by atoms with Crippen molar-refractivity contribution in [3.63, 3.8) is 0 Å². The van der Waals surface area contributed by atoms with Crippen molar-refractivity contribution in [1.29, 1.82) is 0 Å². The molecule has 0 aliphatic heterocycles. The fourth-order valence-corrected chi connectivity index (χ4v) is 3.07. The Morgan fingerprint density at radius 1 is 0.362 bits per heavy atom. The predicted molar refractivity (Wildman–Crippen MR) is 199 cm³/mol. The van der Waals surface area contributed by atoms with Crippen molar-refractivity contribution in [1.82, 2.24) is 0 Å². The fourth-order valence-electron chi connectivity index (χ4n) is 3.07. The summed E-state index contributed by atoms with van der Waals surface area (Å²) in [6.45, 7) is 11.4. The molecule has 4 rings (SSSR count). The molecular weight excluding hydrogens is 953 g/mol. The molecule has 4 aromatic carbocycles. The van der Waals surface area contributed by atoms with Gasteiger partial charge in [0.1, 0.15) is 23.3 Å². The molecule has 0 radical (unpaired) electrons. The number of rotatable bonds is 4. The molecule has 4 atom stereocenters. The van der Waals surface area contributed by atoms with Crippen LogP contribution in [0.4, 0.5) is 17.6 Å². The van der Waals surface area contributed by atoms with E-state index < -0.39 is 23.9 Å². The molecule has 0 saturated heterocycles. The van der Waals surface area contributed by atoms with Crippen LogP contribution in [-0.4, -0.2) is 23.9 Å². The largest absolute Gasteiger partial charge is 2.00 e. The number of carbonyl (C=O) groups is 4. The van der Waals surface area contributed by atoms with Crippen LogP contribution < -0.4 is 43.4 Å². The maximum absolute atomic E-state index is 12.3. The van der Waals surface area contributed by atoms with Gasteiger partial charge in [0.05, 0.1) is 0 Å². The molecule has 8 N–H and O–H groups in total. The van der Waals surface area contributed by atoms with Crippen LogP contribution in [0, 0.1) is 23.3 Å². The van der Waals surface area contributed by atoms with E-state index in [0.717, 1.165) is 49.9 Å². The number of aliphatic carboxylic acids is 4. The molecule has 0 amide bonds. The Morgan fingerprint density at radius 2 is 0.448 bits per heavy atom. The van der Waals surface area contributed by atoms with E-state index in [1.54, 1.807) is 48.5 Å². The monoisotopic (exact) mass is 1000 g/mol. The Morgan fingerprint density at radius 3 is 0.517 bits per heavy atom. The molecule has 0 aromatic heterocycles. The minimum absolute atomic E-state index is 0. The van der Waals surface area contributed by atoms with E-state index in [-0.39, 0.29) is 88.3 Å². The van der Waals surface area contributed by atoms with Gasteiger partial charge in [-0.1, -0.05) is 48.5 Å². The Balaban J connectivity index is -0.000000137. The van der Waals surface area contributed by atoms with Crippen LogP contribution in [0.2, 0.25) is 0 Å². The van der Waals surface area contributed by atoms with E-state index in [1.807, 2.05) is 27.7 Å². The second-order valence-corrected chi connectivity index (χ2v) is 11.3. The molecule has 328 valence electrons. The number of carbonyl (C=O) groups excluding carboxylic acids is 4. The van der Waals surface area contributed by atoms with Crippen LogP contribution in [0.5, 0.6) is 0 Å². The number of carboxylic acid groups (broad SMARTS) is 4. The zero-order valence-corrected chi connectivity index (χ0v) is 36.4. The van der Waals surface area contributed by atoms with Crippen LogP contribution in [0.1, 0.15) is 102 Å². The van der Waals surface area contributed by atoms with Crippen molar-refractivity contribution in [2.75, 3.05) is 0 Å². The molecule has 0 aliphatic carbocycles. The number of hydrogen-bond donors (Lipinski definition) is 4. The third-order valence-corrected chi connectivity index (χ3v) is 5.58.